The van der Waals surface area contributed by atoms with Gasteiger partial charge in [0, 0.05) is 19.3 Å². The maximum absolute atomic E-state index is 10.2. The molecule has 0 aromatic rings. The maximum atomic E-state index is 10.2. The van der Waals surface area contributed by atoms with Crippen molar-refractivity contribution in [1.82, 2.24) is 0 Å². The lowest BCUT2D eigenvalue weighted by Crippen LogP contribution is -1.93. The second-order valence-corrected chi connectivity index (χ2v) is 5.86. The minimum atomic E-state index is -0.745. The van der Waals surface area contributed by atoms with Gasteiger partial charge in [-0.25, -0.2) is 0 Å². The Labute approximate surface area is 152 Å². The van der Waals surface area contributed by atoms with E-state index in [4.69, 9.17) is 15.3 Å². The first-order valence-electron chi connectivity index (χ1n) is 9.47. The third-order valence-corrected chi connectivity index (χ3v) is 3.26. The van der Waals surface area contributed by atoms with Crippen LogP contribution in [0.4, 0.5) is 0 Å². The van der Waals surface area contributed by atoms with Gasteiger partial charge in [0.05, 0.1) is 0 Å². The van der Waals surface area contributed by atoms with Crippen LogP contribution in [0.2, 0.25) is 0 Å². The quantitative estimate of drug-likeness (QED) is 0.381. The van der Waals surface area contributed by atoms with Gasteiger partial charge in [-0.2, -0.15) is 0 Å². The first-order valence-corrected chi connectivity index (χ1v) is 9.47. The largest absolute Gasteiger partial charge is 0.481 e. The molecule has 0 fully saturated rings. The summed E-state index contributed by atoms with van der Waals surface area (Å²) in [5.74, 6) is -2.12. The van der Waals surface area contributed by atoms with Crippen molar-refractivity contribution in [3.63, 3.8) is 0 Å². The third kappa shape index (κ3) is 45.0. The van der Waals surface area contributed by atoms with E-state index in [1.54, 1.807) is 6.92 Å². The van der Waals surface area contributed by atoms with Crippen LogP contribution < -0.4 is 0 Å². The van der Waals surface area contributed by atoms with Gasteiger partial charge in [-0.3, -0.25) is 14.4 Å². The van der Waals surface area contributed by atoms with Crippen molar-refractivity contribution in [3.05, 3.63) is 0 Å². The number of rotatable bonds is 13. The molecular formula is C19H38O6. The van der Waals surface area contributed by atoms with Gasteiger partial charge in [0.1, 0.15) is 0 Å². The van der Waals surface area contributed by atoms with E-state index in [2.05, 4.69) is 6.92 Å². The Kier molecular flexibility index (Phi) is 27.8. The van der Waals surface area contributed by atoms with Crippen molar-refractivity contribution in [2.24, 2.45) is 0 Å². The van der Waals surface area contributed by atoms with Gasteiger partial charge in [0.25, 0.3) is 0 Å². The number of hydrogen-bond acceptors (Lipinski definition) is 3. The molecule has 0 heterocycles. The average molecular weight is 363 g/mol. The molecule has 0 spiro atoms. The molecule has 0 unspecified atom stereocenters. The molecule has 3 N–H and O–H groups in total. The van der Waals surface area contributed by atoms with Gasteiger partial charge in [-0.1, -0.05) is 72.1 Å². The van der Waals surface area contributed by atoms with E-state index >= 15 is 0 Å². The van der Waals surface area contributed by atoms with Crippen molar-refractivity contribution in [3.8, 4) is 0 Å². The molecular weight excluding hydrogens is 324 g/mol. The van der Waals surface area contributed by atoms with Gasteiger partial charge >= 0.3 is 17.9 Å². The summed E-state index contributed by atoms with van der Waals surface area (Å²) in [7, 11) is 0. The molecule has 0 aromatic carbocycles. The minimum Gasteiger partial charge on any atom is -0.481 e. The molecule has 0 amide bonds. The lowest BCUT2D eigenvalue weighted by molar-refractivity contribution is -0.138. The van der Waals surface area contributed by atoms with Gasteiger partial charge < -0.3 is 15.3 Å². The lowest BCUT2D eigenvalue weighted by Gasteiger charge is -2.00. The predicted octanol–water partition coefficient (Wildman–Crippen LogP) is 5.34. The van der Waals surface area contributed by atoms with Crippen LogP contribution in [-0.4, -0.2) is 33.2 Å². The van der Waals surface area contributed by atoms with Crippen molar-refractivity contribution in [1.29, 1.82) is 0 Å². The molecule has 0 aliphatic heterocycles. The molecule has 0 radical (unpaired) electrons. The van der Waals surface area contributed by atoms with Crippen LogP contribution in [0, 0.1) is 0 Å². The zero-order valence-corrected chi connectivity index (χ0v) is 16.3. The maximum Gasteiger partial charge on any atom is 0.303 e. The highest BCUT2D eigenvalue weighted by molar-refractivity contribution is 5.66. The van der Waals surface area contributed by atoms with Crippen LogP contribution in [0.5, 0.6) is 0 Å². The zero-order valence-electron chi connectivity index (χ0n) is 16.3. The van der Waals surface area contributed by atoms with Crippen LogP contribution in [0.1, 0.15) is 104 Å². The Balaban J connectivity index is -0.000000362. The van der Waals surface area contributed by atoms with Crippen molar-refractivity contribution in [2.75, 3.05) is 0 Å². The summed E-state index contributed by atoms with van der Waals surface area (Å²) in [6.07, 6.45) is 12.7. The molecule has 6 nitrogen and oxygen atoms in total. The molecule has 150 valence electrons. The molecule has 0 aliphatic carbocycles. The second kappa shape index (κ2) is 24.7. The van der Waals surface area contributed by atoms with Gasteiger partial charge in [-0.15, -0.1) is 0 Å². The Morgan fingerprint density at radius 3 is 1.12 bits per heavy atom. The lowest BCUT2D eigenvalue weighted by atomic mass is 10.1. The van der Waals surface area contributed by atoms with Crippen LogP contribution in [0.3, 0.4) is 0 Å². The molecule has 0 rings (SSSR count). The highest BCUT2D eigenvalue weighted by Gasteiger charge is 1.96. The van der Waals surface area contributed by atoms with E-state index in [9.17, 15) is 14.4 Å². The van der Waals surface area contributed by atoms with E-state index in [1.807, 2.05) is 6.92 Å². The van der Waals surface area contributed by atoms with Crippen LogP contribution in [0.15, 0.2) is 0 Å². The summed E-state index contributed by atoms with van der Waals surface area (Å²) < 4.78 is 0. The number of carboxylic acids is 3. The Hall–Kier alpha value is -1.59. The Morgan fingerprint density at radius 2 is 0.880 bits per heavy atom. The zero-order chi connectivity index (χ0) is 19.9. The molecule has 0 aliphatic rings. The van der Waals surface area contributed by atoms with Gasteiger partial charge in [-0.05, 0) is 12.8 Å². The molecule has 0 saturated heterocycles. The first kappa shape index (κ1) is 28.2. The number of hydrogen-bond donors (Lipinski definition) is 3. The van der Waals surface area contributed by atoms with Crippen molar-refractivity contribution in [2.45, 2.75) is 104 Å². The Bertz CT molecular complexity index is 315. The van der Waals surface area contributed by atoms with Crippen molar-refractivity contribution >= 4 is 17.9 Å². The average Bonchev–Trinajstić information content (AvgIpc) is 2.54. The van der Waals surface area contributed by atoms with Crippen LogP contribution >= 0.6 is 0 Å². The number of aliphatic carboxylic acids is 3. The number of carbonyl (C=O) groups is 3. The number of unbranched alkanes of at least 4 members (excludes halogenated alkanes) is 8. The van der Waals surface area contributed by atoms with E-state index in [0.29, 0.717) is 12.8 Å². The summed E-state index contributed by atoms with van der Waals surface area (Å²) in [4.78, 5) is 29.2. The molecule has 0 bridgehead atoms. The minimum absolute atomic E-state index is 0.222. The summed E-state index contributed by atoms with van der Waals surface area (Å²) in [6, 6.07) is 0. The Morgan fingerprint density at radius 1 is 0.520 bits per heavy atom. The third-order valence-electron chi connectivity index (χ3n) is 3.26. The second-order valence-electron chi connectivity index (χ2n) is 5.86. The topological polar surface area (TPSA) is 112 Å². The summed E-state index contributed by atoms with van der Waals surface area (Å²) in [6.45, 7) is 5.67. The SMILES string of the molecule is CCC(=O)O.CCCC(=O)O.CCCCCCCCCCCC(=O)O. The van der Waals surface area contributed by atoms with Gasteiger partial charge in [0.2, 0.25) is 0 Å². The van der Waals surface area contributed by atoms with Crippen LogP contribution in [0.25, 0.3) is 0 Å². The molecule has 6 heteroatoms. The summed E-state index contributed by atoms with van der Waals surface area (Å²) >= 11 is 0. The van der Waals surface area contributed by atoms with Gasteiger partial charge in [0.15, 0.2) is 0 Å². The van der Waals surface area contributed by atoms with E-state index in [0.717, 1.165) is 19.3 Å². The fourth-order valence-corrected chi connectivity index (χ4v) is 1.80. The number of carboxylic acid groups (broad SMARTS) is 3. The van der Waals surface area contributed by atoms with E-state index in [-0.39, 0.29) is 6.42 Å². The summed E-state index contributed by atoms with van der Waals surface area (Å²) in [5, 5.41) is 24.0. The summed E-state index contributed by atoms with van der Waals surface area (Å²) in [5.41, 5.74) is 0. The van der Waals surface area contributed by atoms with E-state index < -0.39 is 17.9 Å². The van der Waals surface area contributed by atoms with Crippen molar-refractivity contribution < 1.29 is 29.7 Å². The monoisotopic (exact) mass is 362 g/mol. The highest BCUT2D eigenvalue weighted by Crippen LogP contribution is 2.10. The fourth-order valence-electron chi connectivity index (χ4n) is 1.80. The van der Waals surface area contributed by atoms with E-state index in [1.165, 1.54) is 44.9 Å². The molecule has 0 atom stereocenters. The molecule has 0 saturated carbocycles. The standard InChI is InChI=1S/C12H24O2.C4H8O2.C3H6O2/c1-2-3-4-5-6-7-8-9-10-11-12(13)14;1-2-3-4(5)6;1-2-3(4)5/h2-11H2,1H3,(H,13,14);2-3H2,1H3,(H,5,6);2H2,1H3,(H,4,5). The fraction of sp³-hybridized carbons (Fsp3) is 0.842. The highest BCUT2D eigenvalue weighted by atomic mass is 16.4. The first-order chi connectivity index (χ1) is 11.8. The predicted molar refractivity (Wildman–Crippen MR) is 100.0 cm³/mol. The molecule has 0 aromatic heterocycles. The van der Waals surface area contributed by atoms with Crippen LogP contribution in [-0.2, 0) is 14.4 Å². The molecule has 25 heavy (non-hydrogen) atoms. The smallest absolute Gasteiger partial charge is 0.303 e. The normalized spacial score (nSPS) is 9.24.